The highest BCUT2D eigenvalue weighted by Gasteiger charge is 2.28. The second kappa shape index (κ2) is 6.08. The van der Waals surface area contributed by atoms with Crippen LogP contribution in [0.2, 0.25) is 5.02 Å². The molecule has 0 fully saturated rings. The van der Waals surface area contributed by atoms with Crippen LogP contribution in [0.15, 0.2) is 35.5 Å². The molecule has 1 aromatic rings. The minimum atomic E-state index is -0.292. The minimum absolute atomic E-state index is 0.169. The first-order chi connectivity index (χ1) is 9.13. The molecule has 0 aliphatic carbocycles. The zero-order valence-electron chi connectivity index (χ0n) is 11.0. The van der Waals surface area contributed by atoms with Crippen molar-refractivity contribution in [3.05, 3.63) is 46.1 Å². The maximum atomic E-state index is 12.1. The number of halogens is 1. The molecule has 0 saturated heterocycles. The second-order valence-electron chi connectivity index (χ2n) is 4.30. The Morgan fingerprint density at radius 2 is 2.11 bits per heavy atom. The maximum Gasteiger partial charge on any atom is 0.337 e. The van der Waals surface area contributed by atoms with E-state index < -0.39 is 0 Å². The molecule has 2 N–H and O–H groups in total. The van der Waals surface area contributed by atoms with Gasteiger partial charge in [0.05, 0.1) is 24.9 Å². The molecule has 4 nitrogen and oxygen atoms in total. The normalized spacial score (nSPS) is 19.0. The number of nitrogens with one attached hydrogen (secondary N) is 2. The Balaban J connectivity index is 2.34. The van der Waals surface area contributed by atoms with Gasteiger partial charge < -0.3 is 10.1 Å². The summed E-state index contributed by atoms with van der Waals surface area (Å²) in [4.78, 5) is 12.1. The van der Waals surface area contributed by atoms with E-state index in [1.807, 2.05) is 31.2 Å². The molecule has 1 aromatic carbocycles. The summed E-state index contributed by atoms with van der Waals surface area (Å²) in [7, 11) is 0. The van der Waals surface area contributed by atoms with Crippen molar-refractivity contribution in [1.29, 1.82) is 0 Å². The number of ether oxygens (including phenoxy) is 1. The Morgan fingerprint density at radius 3 is 2.74 bits per heavy atom. The number of hydrogen-bond donors (Lipinski definition) is 2. The van der Waals surface area contributed by atoms with Gasteiger partial charge in [-0.15, -0.1) is 0 Å². The van der Waals surface area contributed by atoms with Gasteiger partial charge in [-0.1, -0.05) is 23.7 Å². The predicted octanol–water partition coefficient (Wildman–Crippen LogP) is 2.37. The van der Waals surface area contributed by atoms with Crippen LogP contribution in [0.25, 0.3) is 0 Å². The van der Waals surface area contributed by atoms with Gasteiger partial charge in [0.15, 0.2) is 0 Å². The molecule has 1 aliphatic rings. The Morgan fingerprint density at radius 1 is 1.42 bits per heavy atom. The quantitative estimate of drug-likeness (QED) is 0.835. The topological polar surface area (TPSA) is 50.4 Å². The molecule has 0 aromatic heterocycles. The Bertz CT molecular complexity index is 497. The van der Waals surface area contributed by atoms with Crippen molar-refractivity contribution in [3.63, 3.8) is 0 Å². The highest BCUT2D eigenvalue weighted by atomic mass is 35.5. The molecular formula is C14H17ClN2O2. The van der Waals surface area contributed by atoms with Crippen molar-refractivity contribution < 1.29 is 9.53 Å². The van der Waals surface area contributed by atoms with Crippen LogP contribution < -0.4 is 10.6 Å². The van der Waals surface area contributed by atoms with Crippen LogP contribution in [0.5, 0.6) is 0 Å². The summed E-state index contributed by atoms with van der Waals surface area (Å²) in [5, 5.41) is 7.06. The van der Waals surface area contributed by atoms with Gasteiger partial charge in [0.1, 0.15) is 0 Å². The third-order valence-electron chi connectivity index (χ3n) is 3.05. The number of benzene rings is 1. The van der Waals surface area contributed by atoms with Crippen molar-refractivity contribution in [2.75, 3.05) is 13.3 Å². The van der Waals surface area contributed by atoms with Crippen LogP contribution in [0.3, 0.4) is 0 Å². The lowest BCUT2D eigenvalue weighted by Gasteiger charge is -2.28. The average molecular weight is 281 g/mol. The molecule has 0 amide bonds. The fraction of sp³-hybridized carbons (Fsp3) is 0.357. The molecule has 102 valence electrons. The number of esters is 1. The molecular weight excluding hydrogens is 264 g/mol. The standard InChI is InChI=1S/C14H17ClN2O2/c1-3-19-14(18)12-9(2)16-8-17-13(12)10-4-6-11(15)7-5-10/h4-7,13,16-17H,3,8H2,1-2H3. The minimum Gasteiger partial charge on any atom is -0.463 e. The van der Waals surface area contributed by atoms with Gasteiger partial charge in [-0.3, -0.25) is 5.32 Å². The first-order valence-electron chi connectivity index (χ1n) is 6.24. The summed E-state index contributed by atoms with van der Waals surface area (Å²) in [6, 6.07) is 7.30. The van der Waals surface area contributed by atoms with Crippen LogP contribution in [0, 0.1) is 0 Å². The van der Waals surface area contributed by atoms with Crippen molar-refractivity contribution in [2.45, 2.75) is 19.9 Å². The van der Waals surface area contributed by atoms with E-state index in [1.165, 1.54) is 0 Å². The fourth-order valence-corrected chi connectivity index (χ4v) is 2.24. The van der Waals surface area contributed by atoms with E-state index in [4.69, 9.17) is 16.3 Å². The predicted molar refractivity (Wildman–Crippen MR) is 74.7 cm³/mol. The van der Waals surface area contributed by atoms with Gasteiger partial charge >= 0.3 is 5.97 Å². The SMILES string of the molecule is CCOC(=O)C1=C(C)NCNC1c1ccc(Cl)cc1. The lowest BCUT2D eigenvalue weighted by atomic mass is 9.96. The van der Waals surface area contributed by atoms with E-state index in [0.29, 0.717) is 23.9 Å². The third kappa shape index (κ3) is 3.08. The Kier molecular flexibility index (Phi) is 4.45. The lowest BCUT2D eigenvalue weighted by Crippen LogP contribution is -2.41. The van der Waals surface area contributed by atoms with Crippen LogP contribution in [-0.2, 0) is 9.53 Å². The second-order valence-corrected chi connectivity index (χ2v) is 4.74. The van der Waals surface area contributed by atoms with Crippen molar-refractivity contribution in [1.82, 2.24) is 10.6 Å². The highest BCUT2D eigenvalue weighted by Crippen LogP contribution is 2.27. The summed E-state index contributed by atoms with van der Waals surface area (Å²) in [6.45, 7) is 4.66. The summed E-state index contributed by atoms with van der Waals surface area (Å²) in [5.41, 5.74) is 2.46. The summed E-state index contributed by atoms with van der Waals surface area (Å²) >= 11 is 5.89. The van der Waals surface area contributed by atoms with Gasteiger partial charge in [-0.2, -0.15) is 0 Å². The number of carbonyl (C=O) groups excluding carboxylic acids is 1. The summed E-state index contributed by atoms with van der Waals surface area (Å²) < 4.78 is 5.12. The molecule has 1 heterocycles. The first-order valence-corrected chi connectivity index (χ1v) is 6.62. The molecule has 5 heteroatoms. The molecule has 2 rings (SSSR count). The maximum absolute atomic E-state index is 12.1. The molecule has 1 aliphatic heterocycles. The Hall–Kier alpha value is -1.52. The number of hydrogen-bond acceptors (Lipinski definition) is 4. The zero-order chi connectivity index (χ0) is 13.8. The molecule has 0 saturated carbocycles. The van der Waals surface area contributed by atoms with Crippen LogP contribution in [-0.4, -0.2) is 19.2 Å². The Labute approximate surface area is 117 Å². The molecule has 0 spiro atoms. The van der Waals surface area contributed by atoms with E-state index >= 15 is 0 Å². The van der Waals surface area contributed by atoms with Gasteiger partial charge in [0.25, 0.3) is 0 Å². The molecule has 0 radical (unpaired) electrons. The van der Waals surface area contributed by atoms with E-state index in [9.17, 15) is 4.79 Å². The monoisotopic (exact) mass is 280 g/mol. The molecule has 1 atom stereocenters. The summed E-state index contributed by atoms with van der Waals surface area (Å²) in [6.07, 6.45) is 0. The molecule has 19 heavy (non-hydrogen) atoms. The number of allylic oxidation sites excluding steroid dienone is 1. The van der Waals surface area contributed by atoms with Gasteiger partial charge in [-0.25, -0.2) is 4.79 Å². The highest BCUT2D eigenvalue weighted by molar-refractivity contribution is 6.30. The van der Waals surface area contributed by atoms with Crippen LogP contribution in [0.1, 0.15) is 25.5 Å². The average Bonchev–Trinajstić information content (AvgIpc) is 2.39. The van der Waals surface area contributed by atoms with Gasteiger partial charge in [0, 0.05) is 10.7 Å². The van der Waals surface area contributed by atoms with Gasteiger partial charge in [0.2, 0.25) is 0 Å². The van der Waals surface area contributed by atoms with E-state index in [0.717, 1.165) is 11.3 Å². The van der Waals surface area contributed by atoms with Crippen molar-refractivity contribution >= 4 is 17.6 Å². The van der Waals surface area contributed by atoms with Crippen molar-refractivity contribution in [2.24, 2.45) is 0 Å². The third-order valence-corrected chi connectivity index (χ3v) is 3.30. The van der Waals surface area contributed by atoms with E-state index in [2.05, 4.69) is 10.6 Å². The lowest BCUT2D eigenvalue weighted by molar-refractivity contribution is -0.139. The number of rotatable bonds is 3. The molecule has 1 unspecified atom stereocenters. The molecule has 0 bridgehead atoms. The fourth-order valence-electron chi connectivity index (χ4n) is 2.12. The van der Waals surface area contributed by atoms with Crippen molar-refractivity contribution in [3.8, 4) is 0 Å². The van der Waals surface area contributed by atoms with Crippen LogP contribution in [0.4, 0.5) is 0 Å². The zero-order valence-corrected chi connectivity index (χ0v) is 11.8. The van der Waals surface area contributed by atoms with E-state index in [-0.39, 0.29) is 12.0 Å². The number of carbonyl (C=O) groups is 1. The van der Waals surface area contributed by atoms with E-state index in [1.54, 1.807) is 6.92 Å². The van der Waals surface area contributed by atoms with Gasteiger partial charge in [-0.05, 0) is 31.5 Å². The largest absolute Gasteiger partial charge is 0.463 e. The first kappa shape index (κ1) is 13.9. The van der Waals surface area contributed by atoms with Crippen LogP contribution >= 0.6 is 11.6 Å². The summed E-state index contributed by atoms with van der Waals surface area (Å²) in [5.74, 6) is -0.292. The smallest absolute Gasteiger partial charge is 0.337 e.